The largest absolute Gasteiger partial charge is 0.0912 e. The Morgan fingerprint density at radius 2 is 1.91 bits per heavy atom. The van der Waals surface area contributed by atoms with Crippen molar-refractivity contribution in [2.75, 3.05) is 0 Å². The molecule has 0 atom stereocenters. The van der Waals surface area contributed by atoms with Crippen LogP contribution in [0.1, 0.15) is 19.4 Å². The lowest BCUT2D eigenvalue weighted by molar-refractivity contribution is 1.37. The molecule has 0 spiro atoms. The molecule has 0 nitrogen and oxygen atoms in total. The molecule has 0 bridgehead atoms. The minimum atomic E-state index is 1.12. The van der Waals surface area contributed by atoms with Crippen molar-refractivity contribution in [1.29, 1.82) is 0 Å². The fourth-order valence-electron chi connectivity index (χ4n) is 1.16. The van der Waals surface area contributed by atoms with Gasteiger partial charge in [0, 0.05) is 0 Å². The molecule has 0 aromatic heterocycles. The van der Waals surface area contributed by atoms with Crippen molar-refractivity contribution in [3.63, 3.8) is 0 Å². The van der Waals surface area contributed by atoms with Gasteiger partial charge in [-0.15, -0.1) is 0 Å². The lowest BCUT2D eigenvalue weighted by Crippen LogP contribution is -2.24. The van der Waals surface area contributed by atoms with Crippen molar-refractivity contribution >= 4 is 12.2 Å². The zero-order chi connectivity index (χ0) is 8.43. The van der Waals surface area contributed by atoms with E-state index >= 15 is 0 Å². The standard InChI is InChI=1S/C11H14/c1-8(2)11-7-9(3)5-6-10(11)4/h5-7H,4H2,1-3H3. The Labute approximate surface area is 67.9 Å². The van der Waals surface area contributed by atoms with Crippen LogP contribution in [0.25, 0.3) is 12.2 Å². The normalized spacial score (nSPS) is 9.73. The molecular formula is C11H14. The summed E-state index contributed by atoms with van der Waals surface area (Å²) in [6.45, 7) is 10.3. The molecule has 11 heavy (non-hydrogen) atoms. The molecule has 0 radical (unpaired) electrons. The van der Waals surface area contributed by atoms with Gasteiger partial charge in [-0.25, -0.2) is 0 Å². The summed E-state index contributed by atoms with van der Waals surface area (Å²) in [7, 11) is 0. The van der Waals surface area contributed by atoms with Crippen LogP contribution in [0.15, 0.2) is 18.2 Å². The van der Waals surface area contributed by atoms with Crippen LogP contribution in [0.3, 0.4) is 0 Å². The van der Waals surface area contributed by atoms with Crippen molar-refractivity contribution in [3.05, 3.63) is 34.2 Å². The van der Waals surface area contributed by atoms with Crippen LogP contribution in [-0.2, 0) is 0 Å². The van der Waals surface area contributed by atoms with Crippen molar-refractivity contribution < 1.29 is 0 Å². The Bertz CT molecular complexity index is 354. The van der Waals surface area contributed by atoms with Gasteiger partial charge in [0.2, 0.25) is 0 Å². The van der Waals surface area contributed by atoms with E-state index in [0.29, 0.717) is 0 Å². The molecule has 0 aliphatic heterocycles. The van der Waals surface area contributed by atoms with E-state index in [2.05, 4.69) is 45.5 Å². The minimum absolute atomic E-state index is 1.12. The van der Waals surface area contributed by atoms with Crippen molar-refractivity contribution in [2.45, 2.75) is 20.8 Å². The zero-order valence-electron chi connectivity index (χ0n) is 7.44. The van der Waals surface area contributed by atoms with Gasteiger partial charge in [-0.05, 0) is 31.2 Å². The summed E-state index contributed by atoms with van der Waals surface area (Å²) in [5.41, 5.74) is 2.63. The number of aryl methyl sites for hydroxylation is 1. The maximum Gasteiger partial charge on any atom is -0.0201 e. The van der Waals surface area contributed by atoms with Crippen molar-refractivity contribution in [2.24, 2.45) is 0 Å². The van der Waals surface area contributed by atoms with E-state index < -0.39 is 0 Å². The summed E-state index contributed by atoms with van der Waals surface area (Å²) in [5, 5.41) is 2.40. The highest BCUT2D eigenvalue weighted by Gasteiger charge is 1.86. The summed E-state index contributed by atoms with van der Waals surface area (Å²) >= 11 is 0. The van der Waals surface area contributed by atoms with E-state index in [-0.39, 0.29) is 0 Å². The third kappa shape index (κ3) is 1.70. The lowest BCUT2D eigenvalue weighted by Gasteiger charge is -1.94. The SMILES string of the molecule is C=c1ccc(C)cc1=C(C)C. The molecule has 58 valence electrons. The molecule has 1 aromatic rings. The first kappa shape index (κ1) is 8.06. The molecule has 0 aliphatic rings. The minimum Gasteiger partial charge on any atom is -0.0912 e. The molecule has 0 aliphatic carbocycles. The van der Waals surface area contributed by atoms with Crippen molar-refractivity contribution in [1.82, 2.24) is 0 Å². The summed E-state index contributed by atoms with van der Waals surface area (Å²) < 4.78 is 0. The molecule has 1 aromatic carbocycles. The number of benzene rings is 1. The Kier molecular flexibility index (Phi) is 2.13. The summed E-state index contributed by atoms with van der Waals surface area (Å²) in [4.78, 5) is 0. The molecule has 0 unspecified atom stereocenters. The second-order valence-electron chi connectivity index (χ2n) is 3.16. The Morgan fingerprint density at radius 3 is 2.36 bits per heavy atom. The maximum atomic E-state index is 3.96. The first-order valence-electron chi connectivity index (χ1n) is 3.84. The summed E-state index contributed by atoms with van der Waals surface area (Å²) in [5.74, 6) is 0. The summed E-state index contributed by atoms with van der Waals surface area (Å²) in [6, 6.07) is 6.34. The van der Waals surface area contributed by atoms with Gasteiger partial charge < -0.3 is 0 Å². The molecule has 0 saturated heterocycles. The van der Waals surface area contributed by atoms with Gasteiger partial charge in [-0.2, -0.15) is 0 Å². The van der Waals surface area contributed by atoms with E-state index in [4.69, 9.17) is 0 Å². The van der Waals surface area contributed by atoms with E-state index in [9.17, 15) is 0 Å². The molecule has 0 heteroatoms. The predicted molar refractivity (Wildman–Crippen MR) is 50.7 cm³/mol. The fraction of sp³-hybridized carbons (Fsp3) is 0.273. The second-order valence-corrected chi connectivity index (χ2v) is 3.16. The van der Waals surface area contributed by atoms with Crippen LogP contribution < -0.4 is 10.4 Å². The quantitative estimate of drug-likeness (QED) is 0.521. The Hall–Kier alpha value is -1.04. The third-order valence-electron chi connectivity index (χ3n) is 1.80. The van der Waals surface area contributed by atoms with Crippen LogP contribution in [0.4, 0.5) is 0 Å². The van der Waals surface area contributed by atoms with E-state index in [1.54, 1.807) is 0 Å². The first-order chi connectivity index (χ1) is 5.11. The molecular weight excluding hydrogens is 132 g/mol. The van der Waals surface area contributed by atoms with Crippen molar-refractivity contribution in [3.8, 4) is 0 Å². The number of rotatable bonds is 0. The van der Waals surface area contributed by atoms with Gasteiger partial charge in [0.15, 0.2) is 0 Å². The molecule has 0 heterocycles. The average molecular weight is 146 g/mol. The van der Waals surface area contributed by atoms with Gasteiger partial charge in [0.05, 0.1) is 0 Å². The first-order valence-corrected chi connectivity index (χ1v) is 3.84. The summed E-state index contributed by atoms with van der Waals surface area (Å²) in [6.07, 6.45) is 0. The predicted octanol–water partition coefficient (Wildman–Crippen LogP) is 1.60. The molecule has 0 saturated carbocycles. The Balaban J connectivity index is 3.62. The van der Waals surface area contributed by atoms with Crippen LogP contribution in [0, 0.1) is 6.92 Å². The van der Waals surface area contributed by atoms with E-state index in [1.165, 1.54) is 16.4 Å². The van der Waals surface area contributed by atoms with Gasteiger partial charge in [-0.3, -0.25) is 0 Å². The van der Waals surface area contributed by atoms with Gasteiger partial charge >= 0.3 is 0 Å². The average Bonchev–Trinajstić information content (AvgIpc) is 1.94. The molecule has 0 N–H and O–H groups in total. The maximum absolute atomic E-state index is 3.96. The monoisotopic (exact) mass is 146 g/mol. The van der Waals surface area contributed by atoms with Crippen LogP contribution in [0.5, 0.6) is 0 Å². The zero-order valence-corrected chi connectivity index (χ0v) is 7.44. The highest BCUT2D eigenvalue weighted by atomic mass is 13.9. The molecule has 1 rings (SSSR count). The number of hydrogen-bond acceptors (Lipinski definition) is 0. The van der Waals surface area contributed by atoms with Gasteiger partial charge in [0.1, 0.15) is 0 Å². The molecule has 0 amide bonds. The Morgan fingerprint density at radius 1 is 1.27 bits per heavy atom. The highest BCUT2D eigenvalue weighted by molar-refractivity contribution is 5.40. The van der Waals surface area contributed by atoms with Crippen LogP contribution >= 0.6 is 0 Å². The van der Waals surface area contributed by atoms with Gasteiger partial charge in [0.25, 0.3) is 0 Å². The topological polar surface area (TPSA) is 0 Å². The highest BCUT2D eigenvalue weighted by Crippen LogP contribution is 1.89. The lowest BCUT2D eigenvalue weighted by atomic mass is 10.1. The molecule has 0 fully saturated rings. The third-order valence-corrected chi connectivity index (χ3v) is 1.80. The van der Waals surface area contributed by atoms with Crippen LogP contribution in [-0.4, -0.2) is 0 Å². The number of hydrogen-bond donors (Lipinski definition) is 0. The van der Waals surface area contributed by atoms with Gasteiger partial charge in [-0.1, -0.05) is 35.9 Å². The fourth-order valence-corrected chi connectivity index (χ4v) is 1.16. The second kappa shape index (κ2) is 2.91. The van der Waals surface area contributed by atoms with E-state index in [0.717, 1.165) is 5.22 Å². The smallest absolute Gasteiger partial charge is 0.0201 e. The van der Waals surface area contributed by atoms with Crippen LogP contribution in [0.2, 0.25) is 0 Å². The van der Waals surface area contributed by atoms with E-state index in [1.807, 2.05) is 0 Å².